The second kappa shape index (κ2) is 31.0. The van der Waals surface area contributed by atoms with Gasteiger partial charge in [0.1, 0.15) is 4.99 Å². The van der Waals surface area contributed by atoms with Crippen LogP contribution in [0.1, 0.15) is 136 Å². The molecule has 260 valence electrons. The SMILES string of the molecule is CCCCCCCCCCCCCCCCCCNC(=S)c1ccccc1.O=C([O-])c1ccc(Cl)cc1.O=C([O-])c1ccc(Cl)cc1.[Pb+2]. The quantitative estimate of drug-likeness (QED) is 0.0691. The van der Waals surface area contributed by atoms with Crippen molar-refractivity contribution >= 4 is 79.6 Å². The summed E-state index contributed by atoms with van der Waals surface area (Å²) in [5.41, 5.74) is 1.41. The molecule has 0 aromatic heterocycles. The van der Waals surface area contributed by atoms with E-state index in [0.717, 1.165) is 17.1 Å². The van der Waals surface area contributed by atoms with Crippen LogP contribution in [0.4, 0.5) is 0 Å². The third-order valence-corrected chi connectivity index (χ3v) is 8.40. The van der Waals surface area contributed by atoms with Gasteiger partial charge in [-0.15, -0.1) is 0 Å². The van der Waals surface area contributed by atoms with Crippen molar-refractivity contribution in [1.29, 1.82) is 0 Å². The molecule has 0 aliphatic heterocycles. The number of hydrogen-bond acceptors (Lipinski definition) is 5. The maximum Gasteiger partial charge on any atom is 2.00 e. The van der Waals surface area contributed by atoms with Crippen LogP contribution in [0.2, 0.25) is 10.0 Å². The maximum absolute atomic E-state index is 10.2. The Morgan fingerprint density at radius 1 is 0.542 bits per heavy atom. The Hall–Kier alpha value is -2.01. The molecule has 0 aliphatic carbocycles. The molecule has 0 aliphatic rings. The van der Waals surface area contributed by atoms with Crippen LogP contribution in [0.5, 0.6) is 0 Å². The van der Waals surface area contributed by atoms with Crippen molar-refractivity contribution < 1.29 is 19.8 Å². The van der Waals surface area contributed by atoms with Crippen molar-refractivity contribution in [2.24, 2.45) is 0 Å². The molecule has 0 bridgehead atoms. The van der Waals surface area contributed by atoms with Gasteiger partial charge in [-0.3, -0.25) is 0 Å². The maximum atomic E-state index is 10.2. The Morgan fingerprint density at radius 3 is 1.21 bits per heavy atom. The van der Waals surface area contributed by atoms with Crippen LogP contribution in [0.25, 0.3) is 0 Å². The predicted molar refractivity (Wildman–Crippen MR) is 203 cm³/mol. The van der Waals surface area contributed by atoms with Gasteiger partial charge in [0.05, 0.1) is 11.9 Å². The molecule has 0 heterocycles. The Kier molecular flexibility index (Phi) is 29.7. The van der Waals surface area contributed by atoms with Crippen molar-refractivity contribution in [3.05, 3.63) is 106 Å². The number of hydrogen-bond donors (Lipinski definition) is 1. The fourth-order valence-electron chi connectivity index (χ4n) is 4.74. The zero-order valence-electron chi connectivity index (χ0n) is 28.3. The number of nitrogens with one attached hydrogen (secondary N) is 1. The Balaban J connectivity index is 0.000000852. The molecule has 3 aromatic rings. The van der Waals surface area contributed by atoms with E-state index in [-0.39, 0.29) is 38.4 Å². The van der Waals surface area contributed by atoms with Crippen LogP contribution in [0.15, 0.2) is 78.9 Å². The largest absolute Gasteiger partial charge is 2.00 e. The molecule has 48 heavy (non-hydrogen) atoms. The fraction of sp³-hybridized carbons (Fsp3) is 0.462. The number of aromatic carboxylic acids is 2. The van der Waals surface area contributed by atoms with Crippen LogP contribution in [0, 0.1) is 0 Å². The van der Waals surface area contributed by atoms with Gasteiger partial charge in [0, 0.05) is 22.2 Å². The number of carboxylic acids is 2. The van der Waals surface area contributed by atoms with E-state index in [0.29, 0.717) is 10.0 Å². The summed E-state index contributed by atoms with van der Waals surface area (Å²) in [6.07, 6.45) is 22.6. The minimum absolute atomic E-state index is 0. The first-order valence-corrected chi connectivity index (χ1v) is 18.2. The molecule has 0 spiro atoms. The molecule has 0 unspecified atom stereocenters. The summed E-state index contributed by atoms with van der Waals surface area (Å²) in [4.78, 5) is 21.2. The van der Waals surface area contributed by atoms with Crippen molar-refractivity contribution in [2.45, 2.75) is 110 Å². The van der Waals surface area contributed by atoms with E-state index in [1.165, 1.54) is 151 Å². The van der Waals surface area contributed by atoms with Crippen molar-refractivity contribution in [2.75, 3.05) is 6.54 Å². The first kappa shape index (κ1) is 46.0. The molecule has 0 saturated carbocycles. The number of halogens is 2. The van der Waals surface area contributed by atoms with Gasteiger partial charge in [0.2, 0.25) is 0 Å². The number of carbonyl (C=O) groups is 2. The Bertz CT molecular complexity index is 1190. The minimum atomic E-state index is -1.18. The summed E-state index contributed by atoms with van der Waals surface area (Å²) in [6.45, 7) is 3.30. The first-order valence-electron chi connectivity index (χ1n) is 17.0. The first-order chi connectivity index (χ1) is 22.7. The van der Waals surface area contributed by atoms with E-state index in [4.69, 9.17) is 35.4 Å². The molecule has 1 N–H and O–H groups in total. The second-order valence-electron chi connectivity index (χ2n) is 11.5. The summed E-state index contributed by atoms with van der Waals surface area (Å²) in [6, 6.07) is 21.9. The number of carboxylic acid groups (broad SMARTS) is 2. The number of rotatable bonds is 20. The van der Waals surface area contributed by atoms with E-state index in [1.54, 1.807) is 0 Å². The summed E-state index contributed by atoms with van der Waals surface area (Å²) < 4.78 is 0. The van der Waals surface area contributed by atoms with Gasteiger partial charge < -0.3 is 25.1 Å². The van der Waals surface area contributed by atoms with E-state index in [2.05, 4.69) is 24.4 Å². The Labute approximate surface area is 324 Å². The second-order valence-corrected chi connectivity index (χ2v) is 12.8. The van der Waals surface area contributed by atoms with Gasteiger partial charge in [-0.2, -0.15) is 0 Å². The predicted octanol–water partition coefficient (Wildman–Crippen LogP) is 9.24. The normalized spacial score (nSPS) is 9.98. The van der Waals surface area contributed by atoms with Gasteiger partial charge in [-0.25, -0.2) is 0 Å². The van der Waals surface area contributed by atoms with Gasteiger partial charge in [-0.05, 0) is 41.8 Å². The van der Waals surface area contributed by atoms with Crippen molar-refractivity contribution in [3.8, 4) is 0 Å². The molecule has 0 atom stereocenters. The van der Waals surface area contributed by atoms with Gasteiger partial charge in [0.15, 0.2) is 0 Å². The van der Waals surface area contributed by atoms with Crippen molar-refractivity contribution in [1.82, 2.24) is 5.32 Å². The summed E-state index contributed by atoms with van der Waals surface area (Å²) in [7, 11) is 0. The topological polar surface area (TPSA) is 92.3 Å². The molecule has 0 amide bonds. The van der Waals surface area contributed by atoms with Crippen LogP contribution in [0.3, 0.4) is 0 Å². The van der Waals surface area contributed by atoms with Crippen LogP contribution < -0.4 is 15.5 Å². The van der Waals surface area contributed by atoms with Crippen LogP contribution in [-0.4, -0.2) is 50.8 Å². The summed E-state index contributed by atoms with van der Waals surface area (Å²) >= 11 is 16.4. The van der Waals surface area contributed by atoms with Gasteiger partial charge in [0.25, 0.3) is 0 Å². The molecule has 3 aromatic carbocycles. The third-order valence-electron chi connectivity index (χ3n) is 7.51. The number of carbonyl (C=O) groups excluding carboxylic acids is 2. The molecule has 0 saturated heterocycles. The number of benzene rings is 3. The fourth-order valence-corrected chi connectivity index (χ4v) is 5.23. The van der Waals surface area contributed by atoms with E-state index < -0.39 is 11.9 Å². The van der Waals surface area contributed by atoms with Gasteiger partial charge >= 0.3 is 27.3 Å². The minimum Gasteiger partial charge on any atom is -0.545 e. The van der Waals surface area contributed by atoms with E-state index >= 15 is 0 Å². The van der Waals surface area contributed by atoms with E-state index in [1.807, 2.05) is 18.2 Å². The van der Waals surface area contributed by atoms with Crippen molar-refractivity contribution in [3.63, 3.8) is 0 Å². The average molecular weight is 908 g/mol. The third kappa shape index (κ3) is 25.0. The standard InChI is InChI=1S/C25H43NS.2C7H5ClO2.Pb/c1-2-3-4-5-6-7-8-9-10-11-12-13-14-15-16-20-23-26-25(27)24-21-18-17-19-22-24;2*8-6-3-1-5(2-4-6)7(9)10;/h17-19,21-22H,2-16,20,23H2,1H3,(H,26,27);2*1-4H,(H,9,10);/q;;;+2/p-2. The molecule has 9 heteroatoms. The molecule has 2 radical (unpaired) electrons. The number of thiocarbonyl (C=S) groups is 1. The summed E-state index contributed by atoms with van der Waals surface area (Å²) in [5, 5.41) is 24.7. The molecule has 0 fully saturated rings. The monoisotopic (exact) mass is 907 g/mol. The summed E-state index contributed by atoms with van der Waals surface area (Å²) in [5.74, 6) is -2.37. The number of unbranched alkanes of at least 4 members (excludes halogenated alkanes) is 15. The van der Waals surface area contributed by atoms with E-state index in [9.17, 15) is 19.8 Å². The zero-order valence-corrected chi connectivity index (χ0v) is 34.5. The molecular formula is C39H51Cl2NO4PbS. The average Bonchev–Trinajstić information content (AvgIpc) is 3.07. The zero-order chi connectivity index (χ0) is 34.5. The Morgan fingerprint density at radius 2 is 0.875 bits per heavy atom. The van der Waals surface area contributed by atoms with Gasteiger partial charge in [-0.1, -0.05) is 193 Å². The molecule has 3 rings (SSSR count). The van der Waals surface area contributed by atoms with Crippen LogP contribution >= 0.6 is 35.4 Å². The molecule has 5 nitrogen and oxygen atoms in total. The smallest absolute Gasteiger partial charge is 0.545 e. The molecular weight excluding hydrogens is 857 g/mol. The van der Waals surface area contributed by atoms with Crippen LogP contribution in [-0.2, 0) is 0 Å².